The number of aromatic hydroxyl groups is 1. The highest BCUT2D eigenvalue weighted by Gasteiger charge is 2.57. The Morgan fingerprint density at radius 1 is 1.44 bits per heavy atom. The predicted molar refractivity (Wildman–Crippen MR) is 59.3 cm³/mol. The number of benzene rings is 1. The highest BCUT2D eigenvalue weighted by Crippen LogP contribution is 2.39. The van der Waals surface area contributed by atoms with Crippen LogP contribution in [-0.2, 0) is 15.1 Å². The fourth-order valence-electron chi connectivity index (χ4n) is 1.41. The SMILES string of the molecule is CCOC(=O)C(F)(F)C(C)(O)c1cccc(O)c1. The molecule has 0 aliphatic carbocycles. The molecule has 0 fully saturated rings. The Morgan fingerprint density at radius 2 is 2.06 bits per heavy atom. The second-order valence-electron chi connectivity index (χ2n) is 3.92. The van der Waals surface area contributed by atoms with Gasteiger partial charge in [-0.3, -0.25) is 0 Å². The molecule has 18 heavy (non-hydrogen) atoms. The Bertz CT molecular complexity index is 443. The van der Waals surface area contributed by atoms with Crippen LogP contribution in [0.1, 0.15) is 19.4 Å². The zero-order valence-corrected chi connectivity index (χ0v) is 9.98. The van der Waals surface area contributed by atoms with Crippen molar-refractivity contribution in [2.24, 2.45) is 0 Å². The average Bonchev–Trinajstić information content (AvgIpc) is 2.29. The van der Waals surface area contributed by atoms with Crippen LogP contribution in [0.2, 0.25) is 0 Å². The van der Waals surface area contributed by atoms with E-state index in [1.165, 1.54) is 25.1 Å². The molecule has 1 unspecified atom stereocenters. The van der Waals surface area contributed by atoms with E-state index in [0.717, 1.165) is 13.0 Å². The summed E-state index contributed by atoms with van der Waals surface area (Å²) in [5, 5.41) is 19.1. The third-order valence-electron chi connectivity index (χ3n) is 2.55. The van der Waals surface area contributed by atoms with Gasteiger partial charge >= 0.3 is 11.9 Å². The number of carbonyl (C=O) groups is 1. The van der Waals surface area contributed by atoms with Gasteiger partial charge in [-0.25, -0.2) is 4.79 Å². The van der Waals surface area contributed by atoms with E-state index in [9.17, 15) is 23.8 Å². The molecule has 1 atom stereocenters. The van der Waals surface area contributed by atoms with Gasteiger partial charge in [0, 0.05) is 0 Å². The minimum atomic E-state index is -4.11. The summed E-state index contributed by atoms with van der Waals surface area (Å²) in [6.07, 6.45) is 0. The first kappa shape index (κ1) is 14.4. The summed E-state index contributed by atoms with van der Waals surface area (Å²) in [5.41, 5.74) is -3.04. The number of aliphatic hydroxyl groups is 1. The Kier molecular flexibility index (Phi) is 3.91. The Hall–Kier alpha value is -1.69. The van der Waals surface area contributed by atoms with Crippen molar-refractivity contribution in [3.63, 3.8) is 0 Å². The van der Waals surface area contributed by atoms with Gasteiger partial charge in [-0.2, -0.15) is 8.78 Å². The van der Waals surface area contributed by atoms with Crippen LogP contribution < -0.4 is 0 Å². The third-order valence-corrected chi connectivity index (χ3v) is 2.55. The standard InChI is InChI=1S/C12H14F2O4/c1-3-18-10(16)12(13,14)11(2,17)8-5-4-6-9(15)7-8/h4-7,15,17H,3H2,1-2H3. The van der Waals surface area contributed by atoms with Gasteiger partial charge in [0.1, 0.15) is 5.75 Å². The van der Waals surface area contributed by atoms with E-state index >= 15 is 0 Å². The molecular formula is C12H14F2O4. The lowest BCUT2D eigenvalue weighted by molar-refractivity contribution is -0.212. The fraction of sp³-hybridized carbons (Fsp3) is 0.417. The molecule has 1 aromatic carbocycles. The van der Waals surface area contributed by atoms with Gasteiger partial charge in [0.15, 0.2) is 5.60 Å². The van der Waals surface area contributed by atoms with Gasteiger partial charge < -0.3 is 14.9 Å². The van der Waals surface area contributed by atoms with Gasteiger partial charge in [-0.15, -0.1) is 0 Å². The highest BCUT2D eigenvalue weighted by atomic mass is 19.3. The summed E-state index contributed by atoms with van der Waals surface area (Å²) in [4.78, 5) is 11.2. The molecule has 1 aromatic rings. The quantitative estimate of drug-likeness (QED) is 0.810. The Morgan fingerprint density at radius 3 is 2.56 bits per heavy atom. The zero-order chi connectivity index (χ0) is 14.0. The number of carbonyl (C=O) groups excluding carboxylic acids is 1. The summed E-state index contributed by atoms with van der Waals surface area (Å²) in [6, 6.07) is 4.71. The lowest BCUT2D eigenvalue weighted by Crippen LogP contribution is -2.49. The molecule has 0 radical (unpaired) electrons. The molecule has 100 valence electrons. The number of hydrogen-bond donors (Lipinski definition) is 2. The molecule has 0 heterocycles. The molecule has 0 aliphatic heterocycles. The van der Waals surface area contributed by atoms with Crippen molar-refractivity contribution in [1.29, 1.82) is 0 Å². The molecule has 4 nitrogen and oxygen atoms in total. The van der Waals surface area contributed by atoms with Crippen molar-refractivity contribution in [3.05, 3.63) is 29.8 Å². The molecule has 2 N–H and O–H groups in total. The van der Waals surface area contributed by atoms with E-state index in [1.54, 1.807) is 0 Å². The van der Waals surface area contributed by atoms with Crippen LogP contribution in [0.5, 0.6) is 5.75 Å². The van der Waals surface area contributed by atoms with Crippen LogP contribution in [0.25, 0.3) is 0 Å². The smallest absolute Gasteiger partial charge is 0.380 e. The highest BCUT2D eigenvalue weighted by molar-refractivity contribution is 5.79. The molecule has 0 aliphatic rings. The maximum Gasteiger partial charge on any atom is 0.380 e. The second-order valence-corrected chi connectivity index (χ2v) is 3.92. The van der Waals surface area contributed by atoms with E-state index in [1.807, 2.05) is 0 Å². The van der Waals surface area contributed by atoms with Crippen LogP contribution in [0, 0.1) is 0 Å². The largest absolute Gasteiger partial charge is 0.508 e. The average molecular weight is 260 g/mol. The zero-order valence-electron chi connectivity index (χ0n) is 9.98. The number of halogens is 2. The van der Waals surface area contributed by atoms with Gasteiger partial charge in [0.25, 0.3) is 0 Å². The maximum absolute atomic E-state index is 13.8. The third kappa shape index (κ3) is 2.43. The van der Waals surface area contributed by atoms with Crippen molar-refractivity contribution < 1.29 is 28.5 Å². The minimum Gasteiger partial charge on any atom is -0.508 e. The molecule has 0 saturated carbocycles. The number of esters is 1. The summed E-state index contributed by atoms with van der Waals surface area (Å²) in [6.45, 7) is 1.96. The van der Waals surface area contributed by atoms with Crippen molar-refractivity contribution in [2.75, 3.05) is 6.61 Å². The van der Waals surface area contributed by atoms with Crippen LogP contribution in [-0.4, -0.2) is 28.7 Å². The molecule has 0 spiro atoms. The van der Waals surface area contributed by atoms with Crippen LogP contribution in [0.4, 0.5) is 8.78 Å². The van der Waals surface area contributed by atoms with E-state index in [2.05, 4.69) is 4.74 Å². The monoisotopic (exact) mass is 260 g/mol. The summed E-state index contributed by atoms with van der Waals surface area (Å²) in [5.74, 6) is -6.21. The Balaban J connectivity index is 3.16. The number of rotatable bonds is 4. The molecule has 0 bridgehead atoms. The first-order valence-corrected chi connectivity index (χ1v) is 5.30. The summed E-state index contributed by atoms with van der Waals surface area (Å²) in [7, 11) is 0. The first-order valence-electron chi connectivity index (χ1n) is 5.30. The molecule has 1 rings (SSSR count). The van der Waals surface area contributed by atoms with Gasteiger partial charge in [-0.05, 0) is 31.5 Å². The molecule has 0 saturated heterocycles. The van der Waals surface area contributed by atoms with Crippen molar-refractivity contribution in [1.82, 2.24) is 0 Å². The van der Waals surface area contributed by atoms with E-state index in [-0.39, 0.29) is 17.9 Å². The number of phenolic OH excluding ortho intramolecular Hbond substituents is 1. The van der Waals surface area contributed by atoms with Crippen LogP contribution >= 0.6 is 0 Å². The summed E-state index contributed by atoms with van der Waals surface area (Å²) >= 11 is 0. The first-order chi connectivity index (χ1) is 8.23. The lowest BCUT2D eigenvalue weighted by atomic mass is 9.89. The summed E-state index contributed by atoms with van der Waals surface area (Å²) < 4.78 is 31.8. The van der Waals surface area contributed by atoms with Gasteiger partial charge in [-0.1, -0.05) is 12.1 Å². The van der Waals surface area contributed by atoms with E-state index < -0.39 is 17.5 Å². The molecule has 6 heteroatoms. The number of phenols is 1. The van der Waals surface area contributed by atoms with Crippen molar-refractivity contribution >= 4 is 5.97 Å². The predicted octanol–water partition coefficient (Wildman–Crippen LogP) is 1.80. The van der Waals surface area contributed by atoms with E-state index in [4.69, 9.17) is 0 Å². The lowest BCUT2D eigenvalue weighted by Gasteiger charge is -2.31. The fourth-order valence-corrected chi connectivity index (χ4v) is 1.41. The van der Waals surface area contributed by atoms with Gasteiger partial charge in [0.2, 0.25) is 0 Å². The molecule has 0 aromatic heterocycles. The van der Waals surface area contributed by atoms with Crippen molar-refractivity contribution in [3.8, 4) is 5.75 Å². The molecule has 0 amide bonds. The van der Waals surface area contributed by atoms with Crippen LogP contribution in [0.15, 0.2) is 24.3 Å². The van der Waals surface area contributed by atoms with Gasteiger partial charge in [0.05, 0.1) is 6.61 Å². The number of alkyl halides is 2. The maximum atomic E-state index is 13.8. The second kappa shape index (κ2) is 4.89. The molecular weight excluding hydrogens is 246 g/mol. The number of hydrogen-bond acceptors (Lipinski definition) is 4. The van der Waals surface area contributed by atoms with Crippen LogP contribution in [0.3, 0.4) is 0 Å². The van der Waals surface area contributed by atoms with Crippen molar-refractivity contribution in [2.45, 2.75) is 25.4 Å². The minimum absolute atomic E-state index is 0.218. The topological polar surface area (TPSA) is 66.8 Å². The normalized spacial score (nSPS) is 14.9. The van der Waals surface area contributed by atoms with E-state index in [0.29, 0.717) is 0 Å². The number of ether oxygens (including phenoxy) is 1. The Labute approximate surface area is 103 Å².